The molecule has 1 amide bonds. The van der Waals surface area contributed by atoms with E-state index in [-0.39, 0.29) is 5.91 Å². The fraction of sp³-hybridized carbons (Fsp3) is 0.0909. The lowest BCUT2D eigenvalue weighted by atomic mass is 10.1. The van der Waals surface area contributed by atoms with Crippen molar-refractivity contribution in [3.05, 3.63) is 47.8 Å². The Kier molecular flexibility index (Phi) is 2.98. The molecule has 0 bridgehead atoms. The lowest BCUT2D eigenvalue weighted by Crippen LogP contribution is -2.11. The van der Waals surface area contributed by atoms with Crippen molar-refractivity contribution in [3.8, 4) is 0 Å². The van der Waals surface area contributed by atoms with Crippen LogP contribution in [0.25, 0.3) is 0 Å². The van der Waals surface area contributed by atoms with E-state index in [1.54, 1.807) is 24.5 Å². The minimum Gasteiger partial charge on any atom is -0.326 e. The van der Waals surface area contributed by atoms with Crippen LogP contribution in [0, 0.1) is 0 Å². The second-order valence-corrected chi connectivity index (χ2v) is 3.34. The van der Waals surface area contributed by atoms with Gasteiger partial charge in [-0.25, -0.2) is 0 Å². The molecule has 0 spiro atoms. The molecule has 0 radical (unpaired) electrons. The molecule has 0 atom stereocenters. The molecule has 1 heterocycles. The number of benzene rings is 1. The highest BCUT2D eigenvalue weighted by atomic mass is 16.1. The molecule has 0 fully saturated rings. The first kappa shape index (κ1) is 10.4. The van der Waals surface area contributed by atoms with E-state index in [1.165, 1.54) is 0 Å². The number of hydrogen-bond acceptors (Lipinski definition) is 3. The van der Waals surface area contributed by atoms with Gasteiger partial charge in [0.15, 0.2) is 0 Å². The average molecular weight is 216 g/mol. The number of aromatic amines is 1. The lowest BCUT2D eigenvalue weighted by molar-refractivity contribution is 0.102. The number of carbonyl (C=O) groups is 1. The van der Waals surface area contributed by atoms with Crippen LogP contribution in [0.15, 0.2) is 36.7 Å². The first-order valence-electron chi connectivity index (χ1n) is 4.89. The Morgan fingerprint density at radius 1 is 1.38 bits per heavy atom. The summed E-state index contributed by atoms with van der Waals surface area (Å²) in [5, 5.41) is 9.08. The summed E-state index contributed by atoms with van der Waals surface area (Å²) in [5.41, 5.74) is 7.71. The lowest BCUT2D eigenvalue weighted by Gasteiger charge is -2.03. The molecule has 82 valence electrons. The van der Waals surface area contributed by atoms with Crippen LogP contribution in [-0.4, -0.2) is 16.1 Å². The largest absolute Gasteiger partial charge is 0.326 e. The fourth-order valence-electron chi connectivity index (χ4n) is 1.31. The van der Waals surface area contributed by atoms with E-state index in [2.05, 4.69) is 15.5 Å². The summed E-state index contributed by atoms with van der Waals surface area (Å²) >= 11 is 0. The van der Waals surface area contributed by atoms with Crippen LogP contribution >= 0.6 is 0 Å². The number of hydrogen-bond donors (Lipinski definition) is 3. The standard InChI is InChI=1S/C11H12N4O/c12-5-8-1-3-9(4-2-8)11(16)15-10-6-13-14-7-10/h1-4,6-7H,5,12H2,(H,13,14)(H,15,16). The van der Waals surface area contributed by atoms with E-state index in [4.69, 9.17) is 5.73 Å². The van der Waals surface area contributed by atoms with Crippen molar-refractivity contribution in [1.29, 1.82) is 0 Å². The summed E-state index contributed by atoms with van der Waals surface area (Å²) in [4.78, 5) is 11.7. The topological polar surface area (TPSA) is 83.8 Å². The fourth-order valence-corrected chi connectivity index (χ4v) is 1.31. The molecule has 0 aliphatic carbocycles. The molecule has 2 rings (SSSR count). The SMILES string of the molecule is NCc1ccc(C(=O)Nc2cn[nH]c2)cc1. The second kappa shape index (κ2) is 4.59. The molecule has 4 N–H and O–H groups in total. The normalized spacial score (nSPS) is 10.1. The summed E-state index contributed by atoms with van der Waals surface area (Å²) in [6.07, 6.45) is 3.16. The average Bonchev–Trinajstić information content (AvgIpc) is 2.82. The van der Waals surface area contributed by atoms with Crippen LogP contribution in [0.4, 0.5) is 5.69 Å². The third-order valence-electron chi connectivity index (χ3n) is 2.21. The van der Waals surface area contributed by atoms with Crippen LogP contribution in [0.1, 0.15) is 15.9 Å². The van der Waals surface area contributed by atoms with Crippen molar-refractivity contribution in [3.63, 3.8) is 0 Å². The molecule has 1 aromatic heterocycles. The monoisotopic (exact) mass is 216 g/mol. The molecule has 5 nitrogen and oxygen atoms in total. The molecular formula is C11H12N4O. The zero-order chi connectivity index (χ0) is 11.4. The molecule has 5 heteroatoms. The zero-order valence-corrected chi connectivity index (χ0v) is 8.60. The van der Waals surface area contributed by atoms with Gasteiger partial charge in [-0.3, -0.25) is 9.89 Å². The molecule has 0 aliphatic rings. The highest BCUT2D eigenvalue weighted by Crippen LogP contribution is 2.08. The number of rotatable bonds is 3. The molecule has 2 aromatic rings. The van der Waals surface area contributed by atoms with Gasteiger partial charge in [0.2, 0.25) is 0 Å². The molecular weight excluding hydrogens is 204 g/mol. The van der Waals surface area contributed by atoms with Crippen molar-refractivity contribution >= 4 is 11.6 Å². The van der Waals surface area contributed by atoms with Gasteiger partial charge in [0.25, 0.3) is 5.91 Å². The number of aromatic nitrogens is 2. The van der Waals surface area contributed by atoms with E-state index in [9.17, 15) is 4.79 Å². The van der Waals surface area contributed by atoms with Crippen LogP contribution in [0.5, 0.6) is 0 Å². The second-order valence-electron chi connectivity index (χ2n) is 3.34. The summed E-state index contributed by atoms with van der Waals surface area (Å²) in [6, 6.07) is 7.17. The van der Waals surface area contributed by atoms with E-state index in [0.717, 1.165) is 5.56 Å². The van der Waals surface area contributed by atoms with Gasteiger partial charge in [-0.15, -0.1) is 0 Å². The molecule has 0 saturated heterocycles. The minimum atomic E-state index is -0.162. The van der Waals surface area contributed by atoms with Crippen molar-refractivity contribution in [2.75, 3.05) is 5.32 Å². The van der Waals surface area contributed by atoms with Gasteiger partial charge < -0.3 is 11.1 Å². The van der Waals surface area contributed by atoms with Gasteiger partial charge in [0.1, 0.15) is 0 Å². The van der Waals surface area contributed by atoms with Gasteiger partial charge in [-0.1, -0.05) is 12.1 Å². The van der Waals surface area contributed by atoms with Crippen molar-refractivity contribution in [1.82, 2.24) is 10.2 Å². The number of nitrogens with zero attached hydrogens (tertiary/aromatic N) is 1. The highest BCUT2D eigenvalue weighted by molar-refractivity contribution is 6.04. The predicted octanol–water partition coefficient (Wildman–Crippen LogP) is 1.12. The summed E-state index contributed by atoms with van der Waals surface area (Å²) in [7, 11) is 0. The van der Waals surface area contributed by atoms with Crippen LogP contribution < -0.4 is 11.1 Å². The Morgan fingerprint density at radius 3 is 2.69 bits per heavy atom. The van der Waals surface area contributed by atoms with Crippen molar-refractivity contribution in [2.45, 2.75) is 6.54 Å². The van der Waals surface area contributed by atoms with Gasteiger partial charge in [-0.2, -0.15) is 5.10 Å². The van der Waals surface area contributed by atoms with Crippen molar-refractivity contribution in [2.24, 2.45) is 5.73 Å². The third kappa shape index (κ3) is 2.26. The Hall–Kier alpha value is -2.14. The maximum atomic E-state index is 11.7. The van der Waals surface area contributed by atoms with Crippen molar-refractivity contribution < 1.29 is 4.79 Å². The number of nitrogens with one attached hydrogen (secondary N) is 2. The van der Waals surface area contributed by atoms with E-state index < -0.39 is 0 Å². The van der Waals surface area contributed by atoms with E-state index >= 15 is 0 Å². The number of anilines is 1. The van der Waals surface area contributed by atoms with Crippen LogP contribution in [0.2, 0.25) is 0 Å². The molecule has 0 saturated carbocycles. The highest BCUT2D eigenvalue weighted by Gasteiger charge is 2.05. The van der Waals surface area contributed by atoms with Gasteiger partial charge in [0.05, 0.1) is 11.9 Å². The first-order valence-corrected chi connectivity index (χ1v) is 4.89. The van der Waals surface area contributed by atoms with Gasteiger partial charge >= 0.3 is 0 Å². The Bertz CT molecular complexity index is 461. The van der Waals surface area contributed by atoms with Crippen LogP contribution in [0.3, 0.4) is 0 Å². The Balaban J connectivity index is 2.09. The summed E-state index contributed by atoms with van der Waals surface area (Å²) < 4.78 is 0. The maximum absolute atomic E-state index is 11.7. The Labute approximate surface area is 92.7 Å². The Morgan fingerprint density at radius 2 is 2.12 bits per heavy atom. The third-order valence-corrected chi connectivity index (χ3v) is 2.21. The van der Waals surface area contributed by atoms with E-state index in [0.29, 0.717) is 17.8 Å². The first-order chi connectivity index (χ1) is 7.79. The number of nitrogens with two attached hydrogens (primary N) is 1. The number of H-pyrrole nitrogens is 1. The summed E-state index contributed by atoms with van der Waals surface area (Å²) in [5.74, 6) is -0.162. The molecule has 0 aliphatic heterocycles. The molecule has 0 unspecified atom stereocenters. The zero-order valence-electron chi connectivity index (χ0n) is 8.60. The predicted molar refractivity (Wildman–Crippen MR) is 60.9 cm³/mol. The number of carbonyl (C=O) groups excluding carboxylic acids is 1. The van der Waals surface area contributed by atoms with Crippen LogP contribution in [-0.2, 0) is 6.54 Å². The van der Waals surface area contributed by atoms with Gasteiger partial charge in [-0.05, 0) is 17.7 Å². The molecule has 1 aromatic carbocycles. The minimum absolute atomic E-state index is 0.162. The molecule has 16 heavy (non-hydrogen) atoms. The van der Waals surface area contributed by atoms with E-state index in [1.807, 2.05) is 12.1 Å². The smallest absolute Gasteiger partial charge is 0.255 e. The maximum Gasteiger partial charge on any atom is 0.255 e. The quantitative estimate of drug-likeness (QED) is 0.718. The van der Waals surface area contributed by atoms with Gasteiger partial charge in [0, 0.05) is 18.3 Å². The summed E-state index contributed by atoms with van der Waals surface area (Å²) in [6.45, 7) is 0.476. The number of amides is 1.